The normalized spacial score (nSPS) is 12.5. The van der Waals surface area contributed by atoms with Crippen LogP contribution in [0.25, 0.3) is 0 Å². The van der Waals surface area contributed by atoms with Crippen LogP contribution in [0.4, 0.5) is 0 Å². The lowest BCUT2D eigenvalue weighted by atomic mass is 10.3. The first kappa shape index (κ1) is 17.0. The highest BCUT2D eigenvalue weighted by molar-refractivity contribution is 6.32. The molecule has 0 spiro atoms. The summed E-state index contributed by atoms with van der Waals surface area (Å²) in [6, 6.07) is 4.65. The number of para-hydroxylation sites is 1. The Hall–Kier alpha value is -1.05. The van der Waals surface area contributed by atoms with Crippen molar-refractivity contribution in [2.24, 2.45) is 0 Å². The van der Waals surface area contributed by atoms with Crippen LogP contribution in [-0.2, 0) is 0 Å². The van der Waals surface area contributed by atoms with Gasteiger partial charge in [0.25, 0.3) is 0 Å². The van der Waals surface area contributed by atoms with Gasteiger partial charge in [-0.2, -0.15) is 0 Å². The van der Waals surface area contributed by atoms with Gasteiger partial charge in [-0.05, 0) is 12.1 Å². The molecule has 1 atom stereocenters. The van der Waals surface area contributed by atoms with Crippen LogP contribution in [-0.4, -0.2) is 60.9 Å². The van der Waals surface area contributed by atoms with Crippen LogP contribution < -0.4 is 14.8 Å². The second-order valence-corrected chi connectivity index (χ2v) is 4.61. The van der Waals surface area contributed by atoms with Crippen LogP contribution in [0.15, 0.2) is 18.2 Å². The van der Waals surface area contributed by atoms with E-state index in [0.717, 1.165) is 0 Å². The minimum Gasteiger partial charge on any atom is -0.493 e. The summed E-state index contributed by atoms with van der Waals surface area (Å²) in [5.41, 5.74) is 0. The highest BCUT2D eigenvalue weighted by Gasteiger charge is 2.13. The number of ether oxygens (including phenoxy) is 2. The zero-order valence-corrected chi connectivity index (χ0v) is 12.0. The molecule has 20 heavy (non-hydrogen) atoms. The number of hydrogen-bond donors (Lipinski definition) is 4. The van der Waals surface area contributed by atoms with E-state index in [-0.39, 0.29) is 26.4 Å². The van der Waals surface area contributed by atoms with Gasteiger partial charge in [-0.3, -0.25) is 0 Å². The van der Waals surface area contributed by atoms with Gasteiger partial charge >= 0.3 is 0 Å². The van der Waals surface area contributed by atoms with E-state index in [1.165, 1.54) is 7.11 Å². The van der Waals surface area contributed by atoms with Crippen molar-refractivity contribution in [1.29, 1.82) is 0 Å². The number of aliphatic hydroxyl groups is 3. The number of methoxy groups -OCH3 is 1. The lowest BCUT2D eigenvalue weighted by Gasteiger charge is -2.18. The molecule has 0 amide bonds. The fourth-order valence-corrected chi connectivity index (χ4v) is 1.74. The molecular weight excluding hydrogens is 286 g/mol. The smallest absolute Gasteiger partial charge is 0.179 e. The van der Waals surface area contributed by atoms with Crippen LogP contribution in [0.5, 0.6) is 11.5 Å². The van der Waals surface area contributed by atoms with Crippen LogP contribution in [0, 0.1) is 0 Å². The third-order valence-electron chi connectivity index (χ3n) is 2.65. The molecular formula is C13H20ClNO5. The Kier molecular flexibility index (Phi) is 7.64. The molecule has 114 valence electrons. The number of hydrogen-bond acceptors (Lipinski definition) is 6. The monoisotopic (exact) mass is 305 g/mol. The van der Waals surface area contributed by atoms with Gasteiger partial charge in [0.15, 0.2) is 11.5 Å². The summed E-state index contributed by atoms with van der Waals surface area (Å²) in [6.07, 6.45) is -0.809. The van der Waals surface area contributed by atoms with Crippen LogP contribution >= 0.6 is 11.6 Å². The molecule has 6 nitrogen and oxygen atoms in total. The minimum absolute atomic E-state index is 0.0106. The van der Waals surface area contributed by atoms with Crippen molar-refractivity contribution < 1.29 is 24.8 Å². The number of rotatable bonds is 9. The van der Waals surface area contributed by atoms with Gasteiger partial charge in [-0.25, -0.2) is 0 Å². The second-order valence-electron chi connectivity index (χ2n) is 4.21. The first-order valence-electron chi connectivity index (χ1n) is 6.20. The van der Waals surface area contributed by atoms with E-state index in [1.807, 2.05) is 0 Å². The Morgan fingerprint density at radius 2 is 2.00 bits per heavy atom. The summed E-state index contributed by atoms with van der Waals surface area (Å²) in [6.45, 7) is -0.222. The molecule has 0 aliphatic carbocycles. The molecule has 0 aliphatic rings. The van der Waals surface area contributed by atoms with Crippen molar-refractivity contribution in [2.75, 3.05) is 33.5 Å². The summed E-state index contributed by atoms with van der Waals surface area (Å²) < 4.78 is 10.6. The Labute approximate surface area is 122 Å². The Balaban J connectivity index is 2.47. The number of benzene rings is 1. The molecule has 0 aromatic heterocycles. The van der Waals surface area contributed by atoms with Crippen molar-refractivity contribution in [3.63, 3.8) is 0 Å². The first-order valence-corrected chi connectivity index (χ1v) is 6.58. The maximum Gasteiger partial charge on any atom is 0.179 e. The zero-order valence-electron chi connectivity index (χ0n) is 11.3. The number of halogens is 1. The van der Waals surface area contributed by atoms with Gasteiger partial charge < -0.3 is 30.1 Å². The van der Waals surface area contributed by atoms with Gasteiger partial charge in [-0.15, -0.1) is 0 Å². The average Bonchev–Trinajstić information content (AvgIpc) is 2.46. The fraction of sp³-hybridized carbons (Fsp3) is 0.538. The van der Waals surface area contributed by atoms with Gasteiger partial charge in [-0.1, -0.05) is 17.7 Å². The largest absolute Gasteiger partial charge is 0.493 e. The standard InChI is InChI=1S/C13H20ClNO5/c1-19-12-4-2-3-11(14)13(12)20-8-10(18)5-15-9(6-16)7-17/h2-4,9-10,15-18H,5-8H2,1H3. The molecule has 0 radical (unpaired) electrons. The Bertz CT molecular complexity index is 400. The number of nitrogens with one attached hydrogen (secondary N) is 1. The van der Waals surface area contributed by atoms with Gasteiger partial charge in [0.05, 0.1) is 31.4 Å². The predicted octanol–water partition coefficient (Wildman–Crippen LogP) is 0.0311. The molecule has 1 rings (SSSR count). The van der Waals surface area contributed by atoms with E-state index < -0.39 is 12.1 Å². The molecule has 0 saturated heterocycles. The highest BCUT2D eigenvalue weighted by Crippen LogP contribution is 2.34. The first-order chi connectivity index (χ1) is 9.62. The summed E-state index contributed by atoms with van der Waals surface area (Å²) in [5.74, 6) is 0.859. The maximum absolute atomic E-state index is 9.77. The second kappa shape index (κ2) is 8.99. The highest BCUT2D eigenvalue weighted by atomic mass is 35.5. The maximum atomic E-state index is 9.77. The van der Waals surface area contributed by atoms with E-state index in [4.69, 9.17) is 31.3 Å². The van der Waals surface area contributed by atoms with Crippen LogP contribution in [0.2, 0.25) is 5.02 Å². The molecule has 1 aromatic rings. The van der Waals surface area contributed by atoms with Crippen molar-refractivity contribution >= 4 is 11.6 Å². The summed E-state index contributed by atoms with van der Waals surface area (Å²) >= 11 is 6.00. The molecule has 0 aliphatic heterocycles. The van der Waals surface area contributed by atoms with E-state index in [2.05, 4.69) is 5.32 Å². The van der Waals surface area contributed by atoms with E-state index in [0.29, 0.717) is 16.5 Å². The molecule has 0 fully saturated rings. The Morgan fingerprint density at radius 1 is 1.30 bits per heavy atom. The zero-order chi connectivity index (χ0) is 15.0. The topological polar surface area (TPSA) is 91.2 Å². The summed E-state index contributed by atoms with van der Waals surface area (Å²) in [4.78, 5) is 0. The lowest BCUT2D eigenvalue weighted by Crippen LogP contribution is -2.41. The molecule has 1 unspecified atom stereocenters. The molecule has 4 N–H and O–H groups in total. The molecule has 0 heterocycles. The summed E-state index contributed by atoms with van der Waals surface area (Å²) in [5, 5.41) is 30.7. The Morgan fingerprint density at radius 3 is 2.60 bits per heavy atom. The van der Waals surface area contributed by atoms with Gasteiger partial charge in [0.2, 0.25) is 0 Å². The van der Waals surface area contributed by atoms with Crippen molar-refractivity contribution in [2.45, 2.75) is 12.1 Å². The predicted molar refractivity (Wildman–Crippen MR) is 75.5 cm³/mol. The van der Waals surface area contributed by atoms with Crippen molar-refractivity contribution in [3.05, 3.63) is 23.2 Å². The van der Waals surface area contributed by atoms with Crippen LogP contribution in [0.3, 0.4) is 0 Å². The fourth-order valence-electron chi connectivity index (χ4n) is 1.52. The number of aliphatic hydroxyl groups excluding tert-OH is 3. The summed E-state index contributed by atoms with van der Waals surface area (Å²) in [7, 11) is 1.50. The van der Waals surface area contributed by atoms with E-state index in [9.17, 15) is 5.11 Å². The van der Waals surface area contributed by atoms with E-state index >= 15 is 0 Å². The third kappa shape index (κ3) is 5.15. The third-order valence-corrected chi connectivity index (χ3v) is 2.95. The molecule has 7 heteroatoms. The SMILES string of the molecule is COc1cccc(Cl)c1OCC(O)CNC(CO)CO. The quantitative estimate of drug-likeness (QED) is 0.515. The van der Waals surface area contributed by atoms with Gasteiger partial charge in [0, 0.05) is 6.54 Å². The molecule has 1 aromatic carbocycles. The average molecular weight is 306 g/mol. The minimum atomic E-state index is -0.809. The van der Waals surface area contributed by atoms with E-state index in [1.54, 1.807) is 18.2 Å². The van der Waals surface area contributed by atoms with Crippen LogP contribution in [0.1, 0.15) is 0 Å². The van der Waals surface area contributed by atoms with Crippen molar-refractivity contribution in [3.8, 4) is 11.5 Å². The lowest BCUT2D eigenvalue weighted by molar-refractivity contribution is 0.0917. The van der Waals surface area contributed by atoms with Gasteiger partial charge in [0.1, 0.15) is 12.7 Å². The molecule has 0 saturated carbocycles. The molecule has 0 bridgehead atoms. The van der Waals surface area contributed by atoms with Crippen molar-refractivity contribution in [1.82, 2.24) is 5.32 Å².